The lowest BCUT2D eigenvalue weighted by molar-refractivity contribution is 0.00706. The lowest BCUT2D eigenvalue weighted by atomic mass is 9.98. The minimum absolute atomic E-state index is 0.0628. The summed E-state index contributed by atoms with van der Waals surface area (Å²) < 4.78 is 18.3. The molecule has 2 heterocycles. The van der Waals surface area contributed by atoms with Gasteiger partial charge in [-0.15, -0.1) is 0 Å². The largest absolute Gasteiger partial charge is 0.492 e. The highest BCUT2D eigenvalue weighted by Crippen LogP contribution is 2.33. The maximum absolute atomic E-state index is 13.7. The summed E-state index contributed by atoms with van der Waals surface area (Å²) in [5.74, 6) is 0.928. The molecule has 1 fully saturated rings. The molecule has 1 aromatic heterocycles. The van der Waals surface area contributed by atoms with Crippen molar-refractivity contribution < 1.29 is 18.7 Å². The smallest absolute Gasteiger partial charge is 0.340 e. The van der Waals surface area contributed by atoms with E-state index in [1.54, 1.807) is 6.07 Å². The van der Waals surface area contributed by atoms with Crippen molar-refractivity contribution in [3.8, 4) is 17.1 Å². The summed E-state index contributed by atoms with van der Waals surface area (Å²) in [7, 11) is 2.14. The molecule has 0 bridgehead atoms. The van der Waals surface area contributed by atoms with Gasteiger partial charge in [0.05, 0.1) is 17.0 Å². The molecule has 3 aromatic carbocycles. The number of esters is 1. The van der Waals surface area contributed by atoms with Crippen LogP contribution >= 0.6 is 0 Å². The number of rotatable bonds is 8. The van der Waals surface area contributed by atoms with Crippen molar-refractivity contribution in [1.82, 2.24) is 4.90 Å². The molecular weight excluding hydrogens is 540 g/mol. The summed E-state index contributed by atoms with van der Waals surface area (Å²) in [5.41, 5.74) is 4.08. The Labute approximate surface area is 253 Å². The third-order valence-corrected chi connectivity index (χ3v) is 8.01. The second kappa shape index (κ2) is 12.3. The van der Waals surface area contributed by atoms with E-state index in [-0.39, 0.29) is 11.5 Å². The first kappa shape index (κ1) is 30.4. The van der Waals surface area contributed by atoms with Crippen molar-refractivity contribution >= 4 is 22.6 Å². The number of fused-ring (bicyclic) bond motifs is 1. The van der Waals surface area contributed by atoms with Crippen molar-refractivity contribution in [2.24, 2.45) is 0 Å². The Morgan fingerprint density at radius 2 is 1.81 bits per heavy atom. The van der Waals surface area contributed by atoms with E-state index in [1.165, 1.54) is 6.42 Å². The molecule has 226 valence electrons. The number of nitrogens with one attached hydrogen (secondary N) is 1. The Hall–Kier alpha value is -4.10. The van der Waals surface area contributed by atoms with Crippen molar-refractivity contribution in [2.75, 3.05) is 25.5 Å². The third kappa shape index (κ3) is 6.78. The predicted octanol–water partition coefficient (Wildman–Crippen LogP) is 7.68. The van der Waals surface area contributed by atoms with Gasteiger partial charge >= 0.3 is 5.97 Å². The predicted molar refractivity (Wildman–Crippen MR) is 172 cm³/mol. The van der Waals surface area contributed by atoms with Crippen LogP contribution in [0.1, 0.15) is 73.6 Å². The molecule has 1 N–H and O–H groups in total. The molecule has 43 heavy (non-hydrogen) atoms. The molecule has 1 saturated heterocycles. The Morgan fingerprint density at radius 1 is 1.09 bits per heavy atom. The average Bonchev–Trinajstić information content (AvgIpc) is 3.37. The maximum Gasteiger partial charge on any atom is 0.340 e. The molecule has 5 rings (SSSR count). The van der Waals surface area contributed by atoms with Crippen molar-refractivity contribution in [3.05, 3.63) is 93.1 Å². The molecule has 1 aliphatic rings. The molecule has 4 aromatic rings. The average molecular weight is 583 g/mol. The minimum Gasteiger partial charge on any atom is -0.492 e. The zero-order valence-electron chi connectivity index (χ0n) is 26.2. The maximum atomic E-state index is 13.7. The Balaban J connectivity index is 1.46. The quantitative estimate of drug-likeness (QED) is 0.213. The van der Waals surface area contributed by atoms with Crippen LogP contribution in [0.3, 0.4) is 0 Å². The zero-order chi connectivity index (χ0) is 30.9. The van der Waals surface area contributed by atoms with Gasteiger partial charge in [0, 0.05) is 28.4 Å². The van der Waals surface area contributed by atoms with Crippen LogP contribution in [0.5, 0.6) is 5.75 Å². The highest BCUT2D eigenvalue weighted by molar-refractivity contribution is 5.96. The second-order valence-electron chi connectivity index (χ2n) is 12.6. The van der Waals surface area contributed by atoms with E-state index in [0.29, 0.717) is 46.2 Å². The van der Waals surface area contributed by atoms with Crippen LogP contribution in [0.25, 0.3) is 22.3 Å². The summed E-state index contributed by atoms with van der Waals surface area (Å²) >= 11 is 0. The SMILES string of the molecule is Cc1cc([C@@H](C)Nc2ccccc2C(=O)OC(C)(C)C)c2oc(-c3ccc(OC[C@H]4CCCN4C)cc3)c(C)c(=O)c2c1. The summed E-state index contributed by atoms with van der Waals surface area (Å²) in [5, 5.41) is 4.00. The van der Waals surface area contributed by atoms with E-state index < -0.39 is 11.6 Å². The molecule has 7 heteroatoms. The second-order valence-corrected chi connectivity index (χ2v) is 12.6. The van der Waals surface area contributed by atoms with Crippen LogP contribution in [0, 0.1) is 13.8 Å². The van der Waals surface area contributed by atoms with Gasteiger partial charge in [0.2, 0.25) is 0 Å². The molecule has 2 atom stereocenters. The van der Waals surface area contributed by atoms with Gasteiger partial charge in [0.1, 0.15) is 29.3 Å². The number of ether oxygens (including phenoxy) is 2. The lowest BCUT2D eigenvalue weighted by Gasteiger charge is -2.23. The standard InChI is InChI=1S/C36H42N2O5/c1-22-19-29(24(3)37-31-13-9-8-12-28(31)35(40)43-36(4,5)6)34-30(20-22)32(39)23(2)33(42-34)25-14-16-27(17-15-25)41-21-26-11-10-18-38(26)7/h8-9,12-17,19-20,24,26,37H,10-11,18,21H2,1-7H3/t24-,26-/m1/s1. The number of anilines is 1. The minimum atomic E-state index is -0.614. The molecule has 1 aliphatic heterocycles. The van der Waals surface area contributed by atoms with E-state index in [2.05, 4.69) is 17.3 Å². The monoisotopic (exact) mass is 582 g/mol. The van der Waals surface area contributed by atoms with E-state index in [0.717, 1.165) is 35.4 Å². The van der Waals surface area contributed by atoms with E-state index in [9.17, 15) is 9.59 Å². The first-order chi connectivity index (χ1) is 20.4. The number of likely N-dealkylation sites (tertiary alicyclic amines) is 1. The van der Waals surface area contributed by atoms with Crippen molar-refractivity contribution in [1.29, 1.82) is 0 Å². The molecule has 0 spiro atoms. The van der Waals surface area contributed by atoms with E-state index in [1.807, 2.05) is 96.1 Å². The molecule has 0 unspecified atom stereocenters. The topological polar surface area (TPSA) is 81.0 Å². The Kier molecular flexibility index (Phi) is 8.65. The number of aryl methyl sites for hydroxylation is 1. The fourth-order valence-electron chi connectivity index (χ4n) is 5.68. The molecule has 0 aliphatic carbocycles. The number of para-hydroxylation sites is 1. The number of hydrogen-bond acceptors (Lipinski definition) is 7. The van der Waals surface area contributed by atoms with Crippen LogP contribution in [0.4, 0.5) is 5.69 Å². The fourth-order valence-corrected chi connectivity index (χ4v) is 5.68. The highest BCUT2D eigenvalue weighted by Gasteiger charge is 2.24. The number of nitrogens with zero attached hydrogens (tertiary/aromatic N) is 1. The number of carbonyl (C=O) groups is 1. The molecule has 0 saturated carbocycles. The number of benzene rings is 3. The van der Waals surface area contributed by atoms with Crippen LogP contribution in [0.15, 0.2) is 69.9 Å². The van der Waals surface area contributed by atoms with Gasteiger partial charge in [-0.2, -0.15) is 0 Å². The van der Waals surface area contributed by atoms with Gasteiger partial charge in [0.15, 0.2) is 5.43 Å². The zero-order valence-corrected chi connectivity index (χ0v) is 26.2. The van der Waals surface area contributed by atoms with Gasteiger partial charge in [-0.25, -0.2) is 4.79 Å². The first-order valence-corrected chi connectivity index (χ1v) is 15.0. The fraction of sp³-hybridized carbons (Fsp3) is 0.389. The summed E-state index contributed by atoms with van der Waals surface area (Å²) in [4.78, 5) is 29.0. The van der Waals surface area contributed by atoms with Crippen molar-refractivity contribution in [3.63, 3.8) is 0 Å². The van der Waals surface area contributed by atoms with Crippen LogP contribution in [-0.4, -0.2) is 42.7 Å². The van der Waals surface area contributed by atoms with Gasteiger partial charge < -0.3 is 24.1 Å². The molecular formula is C36H42N2O5. The molecule has 7 nitrogen and oxygen atoms in total. The first-order valence-electron chi connectivity index (χ1n) is 15.0. The van der Waals surface area contributed by atoms with Crippen LogP contribution < -0.4 is 15.5 Å². The number of likely N-dealkylation sites (N-methyl/N-ethyl adjacent to an activating group) is 1. The van der Waals surface area contributed by atoms with Crippen molar-refractivity contribution in [2.45, 2.75) is 72.1 Å². The highest BCUT2D eigenvalue weighted by atomic mass is 16.6. The van der Waals surface area contributed by atoms with E-state index in [4.69, 9.17) is 13.9 Å². The summed E-state index contributed by atoms with van der Waals surface area (Å²) in [6, 6.07) is 19.1. The number of carbonyl (C=O) groups excluding carboxylic acids is 1. The number of hydrogen-bond donors (Lipinski definition) is 1. The normalized spacial score (nSPS) is 16.3. The van der Waals surface area contributed by atoms with Crippen LogP contribution in [-0.2, 0) is 4.74 Å². The third-order valence-electron chi connectivity index (χ3n) is 8.01. The molecule has 0 radical (unpaired) electrons. The van der Waals surface area contributed by atoms with Gasteiger partial charge in [0.25, 0.3) is 0 Å². The Bertz CT molecular complexity index is 1680. The summed E-state index contributed by atoms with van der Waals surface area (Å²) in [6.07, 6.45) is 2.35. The van der Waals surface area contributed by atoms with Crippen LogP contribution in [0.2, 0.25) is 0 Å². The van der Waals surface area contributed by atoms with Gasteiger partial charge in [-0.1, -0.05) is 18.2 Å². The van der Waals surface area contributed by atoms with Gasteiger partial charge in [-0.3, -0.25) is 4.79 Å². The Morgan fingerprint density at radius 3 is 2.49 bits per heavy atom. The summed E-state index contributed by atoms with van der Waals surface area (Å²) in [6.45, 7) is 13.1. The molecule has 0 amide bonds. The van der Waals surface area contributed by atoms with E-state index >= 15 is 0 Å². The van der Waals surface area contributed by atoms with Gasteiger partial charge in [-0.05, 0) is 116 Å². The lowest BCUT2D eigenvalue weighted by Crippen LogP contribution is -2.30.